The van der Waals surface area contributed by atoms with E-state index in [2.05, 4.69) is 5.32 Å². The second kappa shape index (κ2) is 6.24. The number of pyridine rings is 1. The quantitative estimate of drug-likeness (QED) is 0.941. The van der Waals surface area contributed by atoms with Crippen LogP contribution in [0.15, 0.2) is 29.2 Å². The standard InChI is InChI=1S/C14H15ClN2O2S/c1-3-11-10(15)7-12(20-11)14(19)16-9-5-6-13(18)17(4-2)8-9/h5-8H,3-4H2,1-2H3,(H,16,19). The zero-order valence-corrected chi connectivity index (χ0v) is 12.8. The van der Waals surface area contributed by atoms with E-state index in [0.717, 1.165) is 11.3 Å². The molecule has 0 bridgehead atoms. The molecule has 1 N–H and O–H groups in total. The maximum atomic E-state index is 12.1. The van der Waals surface area contributed by atoms with Gasteiger partial charge in [-0.1, -0.05) is 18.5 Å². The van der Waals surface area contributed by atoms with Crippen molar-refractivity contribution in [2.24, 2.45) is 0 Å². The zero-order chi connectivity index (χ0) is 14.7. The lowest BCUT2D eigenvalue weighted by Gasteiger charge is -2.06. The Hall–Kier alpha value is -1.59. The molecule has 0 aliphatic carbocycles. The molecule has 0 unspecified atom stereocenters. The van der Waals surface area contributed by atoms with Gasteiger partial charge < -0.3 is 9.88 Å². The lowest BCUT2D eigenvalue weighted by Crippen LogP contribution is -2.19. The van der Waals surface area contributed by atoms with Crippen LogP contribution >= 0.6 is 22.9 Å². The van der Waals surface area contributed by atoms with Gasteiger partial charge in [-0.2, -0.15) is 0 Å². The second-order valence-corrected chi connectivity index (χ2v) is 5.78. The molecular weight excluding hydrogens is 296 g/mol. The van der Waals surface area contributed by atoms with Gasteiger partial charge in [-0.25, -0.2) is 0 Å². The molecule has 0 aromatic carbocycles. The topological polar surface area (TPSA) is 51.1 Å². The molecule has 0 aliphatic heterocycles. The number of hydrogen-bond acceptors (Lipinski definition) is 3. The Morgan fingerprint density at radius 1 is 1.40 bits per heavy atom. The Morgan fingerprint density at radius 3 is 2.75 bits per heavy atom. The average Bonchev–Trinajstić information content (AvgIpc) is 2.82. The molecule has 6 heteroatoms. The van der Waals surface area contributed by atoms with Crippen molar-refractivity contribution < 1.29 is 4.79 Å². The molecule has 2 rings (SSSR count). The first kappa shape index (κ1) is 14.8. The maximum absolute atomic E-state index is 12.1. The first-order valence-electron chi connectivity index (χ1n) is 6.35. The van der Waals surface area contributed by atoms with Crippen LogP contribution in [0.1, 0.15) is 28.4 Å². The summed E-state index contributed by atoms with van der Waals surface area (Å²) in [7, 11) is 0. The van der Waals surface area contributed by atoms with Crippen molar-refractivity contribution in [2.45, 2.75) is 26.8 Å². The summed E-state index contributed by atoms with van der Waals surface area (Å²) in [5.41, 5.74) is 0.511. The van der Waals surface area contributed by atoms with Crippen LogP contribution in [0.5, 0.6) is 0 Å². The van der Waals surface area contributed by atoms with E-state index in [0.29, 0.717) is 22.1 Å². The van der Waals surface area contributed by atoms with Crippen molar-refractivity contribution in [3.8, 4) is 0 Å². The maximum Gasteiger partial charge on any atom is 0.265 e. The molecule has 0 fully saturated rings. The zero-order valence-electron chi connectivity index (χ0n) is 11.3. The fourth-order valence-electron chi connectivity index (χ4n) is 1.80. The fourth-order valence-corrected chi connectivity index (χ4v) is 3.11. The number of anilines is 1. The Morgan fingerprint density at radius 2 is 2.15 bits per heavy atom. The molecule has 0 aliphatic rings. The van der Waals surface area contributed by atoms with Crippen LogP contribution in [0.4, 0.5) is 5.69 Å². The largest absolute Gasteiger partial charge is 0.320 e. The molecule has 0 radical (unpaired) electrons. The van der Waals surface area contributed by atoms with Gasteiger partial charge in [0.15, 0.2) is 0 Å². The fraction of sp³-hybridized carbons (Fsp3) is 0.286. The minimum Gasteiger partial charge on any atom is -0.320 e. The van der Waals surface area contributed by atoms with E-state index >= 15 is 0 Å². The molecular formula is C14H15ClN2O2S. The Bertz CT molecular complexity index is 691. The van der Waals surface area contributed by atoms with Crippen LogP contribution in [0, 0.1) is 0 Å². The van der Waals surface area contributed by atoms with Crippen molar-refractivity contribution >= 4 is 34.5 Å². The molecule has 106 valence electrons. The van der Waals surface area contributed by atoms with Crippen LogP contribution in [0.2, 0.25) is 5.02 Å². The van der Waals surface area contributed by atoms with Crippen LogP contribution in [-0.2, 0) is 13.0 Å². The number of carbonyl (C=O) groups excluding carboxylic acids is 1. The number of carbonyl (C=O) groups is 1. The van der Waals surface area contributed by atoms with Crippen molar-refractivity contribution in [1.82, 2.24) is 4.57 Å². The number of aromatic nitrogens is 1. The predicted octanol–water partition coefficient (Wildman–Crippen LogP) is 3.40. The van der Waals surface area contributed by atoms with Crippen LogP contribution in [0.25, 0.3) is 0 Å². The van der Waals surface area contributed by atoms with Gasteiger partial charge in [0.25, 0.3) is 11.5 Å². The van der Waals surface area contributed by atoms with Gasteiger partial charge in [-0.05, 0) is 25.5 Å². The summed E-state index contributed by atoms with van der Waals surface area (Å²) in [6.45, 7) is 4.43. The monoisotopic (exact) mass is 310 g/mol. The van der Waals surface area contributed by atoms with E-state index in [1.165, 1.54) is 22.0 Å². The normalized spacial score (nSPS) is 10.6. The van der Waals surface area contributed by atoms with Crippen molar-refractivity contribution in [3.63, 3.8) is 0 Å². The van der Waals surface area contributed by atoms with Gasteiger partial charge in [0.2, 0.25) is 0 Å². The summed E-state index contributed by atoms with van der Waals surface area (Å²) >= 11 is 7.43. The number of halogens is 1. The van der Waals surface area contributed by atoms with Crippen LogP contribution in [-0.4, -0.2) is 10.5 Å². The summed E-state index contributed by atoms with van der Waals surface area (Å²) in [6, 6.07) is 4.72. The molecule has 0 saturated heterocycles. The highest BCUT2D eigenvalue weighted by atomic mass is 35.5. The highest BCUT2D eigenvalue weighted by Gasteiger charge is 2.13. The van der Waals surface area contributed by atoms with E-state index in [1.54, 1.807) is 18.3 Å². The third kappa shape index (κ3) is 3.11. The third-order valence-corrected chi connectivity index (χ3v) is 4.61. The summed E-state index contributed by atoms with van der Waals surface area (Å²) in [5, 5.41) is 3.40. The van der Waals surface area contributed by atoms with Crippen molar-refractivity contribution in [2.75, 3.05) is 5.32 Å². The van der Waals surface area contributed by atoms with Gasteiger partial charge in [0.1, 0.15) is 0 Å². The highest BCUT2D eigenvalue weighted by molar-refractivity contribution is 7.14. The van der Waals surface area contributed by atoms with E-state index in [4.69, 9.17) is 11.6 Å². The summed E-state index contributed by atoms with van der Waals surface area (Å²) in [5.74, 6) is -0.210. The SMILES string of the molecule is CCc1sc(C(=O)Nc2ccc(=O)n(CC)c2)cc1Cl. The second-order valence-electron chi connectivity index (χ2n) is 4.23. The highest BCUT2D eigenvalue weighted by Crippen LogP contribution is 2.27. The molecule has 20 heavy (non-hydrogen) atoms. The van der Waals surface area contributed by atoms with Gasteiger partial charge in [-0.15, -0.1) is 11.3 Å². The van der Waals surface area contributed by atoms with Gasteiger partial charge in [0.05, 0.1) is 15.6 Å². The minimum absolute atomic E-state index is 0.0852. The lowest BCUT2D eigenvalue weighted by atomic mass is 10.3. The third-order valence-electron chi connectivity index (χ3n) is 2.88. The van der Waals surface area contributed by atoms with E-state index < -0.39 is 0 Å². The molecule has 0 saturated carbocycles. The first-order chi connectivity index (χ1) is 9.55. The summed E-state index contributed by atoms with van der Waals surface area (Å²) in [6.07, 6.45) is 2.44. The molecule has 2 aromatic heterocycles. The van der Waals surface area contributed by atoms with Crippen LogP contribution < -0.4 is 10.9 Å². The Kier molecular flexibility index (Phi) is 4.62. The lowest BCUT2D eigenvalue weighted by molar-refractivity contribution is 0.103. The van der Waals surface area contributed by atoms with Gasteiger partial charge in [-0.3, -0.25) is 9.59 Å². The number of thiophene rings is 1. The molecule has 2 heterocycles. The number of rotatable bonds is 4. The molecule has 1 amide bonds. The van der Waals surface area contributed by atoms with Gasteiger partial charge in [0, 0.05) is 23.7 Å². The number of nitrogens with one attached hydrogen (secondary N) is 1. The van der Waals surface area contributed by atoms with E-state index in [-0.39, 0.29) is 11.5 Å². The predicted molar refractivity (Wildman–Crippen MR) is 83.0 cm³/mol. The molecule has 2 aromatic rings. The number of nitrogens with zero attached hydrogens (tertiary/aromatic N) is 1. The van der Waals surface area contributed by atoms with Gasteiger partial charge >= 0.3 is 0 Å². The molecule has 4 nitrogen and oxygen atoms in total. The Labute approximate surface area is 126 Å². The molecule has 0 spiro atoms. The van der Waals surface area contributed by atoms with E-state index in [1.807, 2.05) is 13.8 Å². The van der Waals surface area contributed by atoms with E-state index in [9.17, 15) is 9.59 Å². The molecule has 0 atom stereocenters. The average molecular weight is 311 g/mol. The minimum atomic E-state index is -0.210. The number of amides is 1. The smallest absolute Gasteiger partial charge is 0.265 e. The first-order valence-corrected chi connectivity index (χ1v) is 7.54. The van der Waals surface area contributed by atoms with Crippen molar-refractivity contribution in [1.29, 1.82) is 0 Å². The Balaban J connectivity index is 2.20. The summed E-state index contributed by atoms with van der Waals surface area (Å²) in [4.78, 5) is 25.2. The number of aryl methyl sites for hydroxylation is 2. The summed E-state index contributed by atoms with van der Waals surface area (Å²) < 4.78 is 1.54. The van der Waals surface area contributed by atoms with Crippen molar-refractivity contribution in [3.05, 3.63) is 49.5 Å². The van der Waals surface area contributed by atoms with Crippen LogP contribution in [0.3, 0.4) is 0 Å². The number of hydrogen-bond donors (Lipinski definition) is 1.